The molecule has 0 unspecified atom stereocenters. The van der Waals surface area contributed by atoms with Crippen molar-refractivity contribution in [3.8, 4) is 5.75 Å². The average Bonchev–Trinajstić information content (AvgIpc) is 3.47. The number of aryl methyl sites for hydroxylation is 1. The first-order valence-electron chi connectivity index (χ1n) is 12.4. The Bertz CT molecular complexity index is 945. The van der Waals surface area contributed by atoms with Crippen LogP contribution in [0.25, 0.3) is 0 Å². The number of anilines is 1. The second-order valence-electron chi connectivity index (χ2n) is 9.74. The molecule has 2 aromatic heterocycles. The van der Waals surface area contributed by atoms with Crippen molar-refractivity contribution in [1.82, 2.24) is 20.4 Å². The molecule has 0 atom stereocenters. The summed E-state index contributed by atoms with van der Waals surface area (Å²) >= 11 is 0. The topological polar surface area (TPSA) is 83.7 Å². The molecule has 0 bridgehead atoms. The Kier molecular flexibility index (Phi) is 6.80. The predicted octanol–water partition coefficient (Wildman–Crippen LogP) is 2.74. The van der Waals surface area contributed by atoms with Crippen LogP contribution in [0.2, 0.25) is 0 Å². The molecule has 0 spiro atoms. The lowest BCUT2D eigenvalue weighted by Gasteiger charge is -2.37. The number of hydrogen-bond donors (Lipinski definition) is 1. The molecule has 1 saturated heterocycles. The molecule has 5 rings (SSSR count). The number of carbonyl (C=O) groups is 1. The van der Waals surface area contributed by atoms with Gasteiger partial charge >= 0.3 is 0 Å². The molecule has 0 aromatic carbocycles. The van der Waals surface area contributed by atoms with Gasteiger partial charge in [0.15, 0.2) is 11.6 Å². The van der Waals surface area contributed by atoms with Gasteiger partial charge in [-0.2, -0.15) is 0 Å². The first kappa shape index (κ1) is 22.2. The summed E-state index contributed by atoms with van der Waals surface area (Å²) in [5, 5.41) is 7.03. The van der Waals surface area contributed by atoms with Gasteiger partial charge in [-0.15, -0.1) is 0 Å². The van der Waals surface area contributed by atoms with Crippen molar-refractivity contribution in [2.24, 2.45) is 5.92 Å². The van der Waals surface area contributed by atoms with E-state index < -0.39 is 0 Å². The van der Waals surface area contributed by atoms with Gasteiger partial charge in [0.2, 0.25) is 5.91 Å². The van der Waals surface area contributed by atoms with Gasteiger partial charge < -0.3 is 19.5 Å². The van der Waals surface area contributed by atoms with Gasteiger partial charge in [0.25, 0.3) is 0 Å². The highest BCUT2D eigenvalue weighted by molar-refractivity contribution is 5.78. The standard InChI is InChI=1S/C25H35N5O3/c1-18-16-22(33-28-18)17-23(31)27-21-4-2-19(3-5-21)7-10-29-11-13-30(14-12-29)25-24-20(6-9-26-25)8-15-32-24/h6,9,16,19,21H,2-5,7-8,10-15,17H2,1H3,(H,27,31). The summed E-state index contributed by atoms with van der Waals surface area (Å²) in [7, 11) is 0. The van der Waals surface area contributed by atoms with Gasteiger partial charge in [-0.05, 0) is 57.6 Å². The van der Waals surface area contributed by atoms with Crippen LogP contribution < -0.4 is 15.0 Å². The maximum Gasteiger partial charge on any atom is 0.227 e. The molecule has 8 heteroatoms. The SMILES string of the molecule is Cc1cc(CC(=O)NC2CCC(CCN3CCN(c4nccc5c4OCC5)CC3)CC2)on1. The molecule has 1 aliphatic carbocycles. The summed E-state index contributed by atoms with van der Waals surface area (Å²) in [6, 6.07) is 4.20. The van der Waals surface area contributed by atoms with Crippen molar-refractivity contribution in [2.75, 3.05) is 44.2 Å². The molecule has 1 amide bonds. The molecule has 2 fully saturated rings. The van der Waals surface area contributed by atoms with Gasteiger partial charge in [-0.25, -0.2) is 4.98 Å². The van der Waals surface area contributed by atoms with E-state index in [0.717, 1.165) is 81.8 Å². The quantitative estimate of drug-likeness (QED) is 0.690. The minimum absolute atomic E-state index is 0.0384. The largest absolute Gasteiger partial charge is 0.489 e. The fraction of sp³-hybridized carbons (Fsp3) is 0.640. The summed E-state index contributed by atoms with van der Waals surface area (Å²) in [6.45, 7) is 7.99. The van der Waals surface area contributed by atoms with Crippen molar-refractivity contribution < 1.29 is 14.1 Å². The van der Waals surface area contributed by atoms with E-state index in [1.54, 1.807) is 0 Å². The molecule has 2 aliphatic heterocycles. The van der Waals surface area contributed by atoms with Crippen LogP contribution in [0.1, 0.15) is 49.1 Å². The summed E-state index contributed by atoms with van der Waals surface area (Å²) in [5.41, 5.74) is 2.11. The maximum atomic E-state index is 12.3. The van der Waals surface area contributed by atoms with Gasteiger partial charge in [-0.1, -0.05) is 5.16 Å². The van der Waals surface area contributed by atoms with Crippen molar-refractivity contribution in [2.45, 2.75) is 57.9 Å². The highest BCUT2D eigenvalue weighted by Gasteiger charge is 2.26. The van der Waals surface area contributed by atoms with Crippen molar-refractivity contribution in [3.05, 3.63) is 35.3 Å². The molecule has 8 nitrogen and oxygen atoms in total. The summed E-state index contributed by atoms with van der Waals surface area (Å²) in [6.07, 6.45) is 8.99. The van der Waals surface area contributed by atoms with Crippen LogP contribution in [0.4, 0.5) is 5.82 Å². The minimum atomic E-state index is 0.0384. The molecule has 0 radical (unpaired) electrons. The van der Waals surface area contributed by atoms with E-state index in [0.29, 0.717) is 11.8 Å². The number of carbonyl (C=O) groups excluding carboxylic acids is 1. The highest BCUT2D eigenvalue weighted by Crippen LogP contribution is 2.34. The van der Waals surface area contributed by atoms with Gasteiger partial charge in [0.05, 0.1) is 18.7 Å². The van der Waals surface area contributed by atoms with E-state index in [4.69, 9.17) is 9.26 Å². The Balaban J connectivity index is 0.997. The molecular formula is C25H35N5O3. The second kappa shape index (κ2) is 10.1. The zero-order chi connectivity index (χ0) is 22.6. The Morgan fingerprint density at radius 3 is 2.76 bits per heavy atom. The van der Waals surface area contributed by atoms with E-state index in [9.17, 15) is 4.79 Å². The third kappa shape index (κ3) is 5.49. The fourth-order valence-electron chi connectivity index (χ4n) is 5.40. The smallest absolute Gasteiger partial charge is 0.227 e. The maximum absolute atomic E-state index is 12.3. The molecule has 4 heterocycles. The summed E-state index contributed by atoms with van der Waals surface area (Å²) in [5.74, 6) is 3.48. The van der Waals surface area contributed by atoms with Crippen LogP contribution in [0.5, 0.6) is 5.75 Å². The van der Waals surface area contributed by atoms with E-state index in [1.165, 1.54) is 24.8 Å². The Morgan fingerprint density at radius 1 is 1.18 bits per heavy atom. The molecule has 33 heavy (non-hydrogen) atoms. The number of pyridine rings is 1. The first-order chi connectivity index (χ1) is 16.1. The summed E-state index contributed by atoms with van der Waals surface area (Å²) in [4.78, 5) is 21.9. The van der Waals surface area contributed by atoms with Crippen LogP contribution >= 0.6 is 0 Å². The minimum Gasteiger partial charge on any atom is -0.489 e. The third-order valence-electron chi connectivity index (χ3n) is 7.33. The van der Waals surface area contributed by atoms with Crippen LogP contribution in [0.15, 0.2) is 22.9 Å². The molecule has 3 aliphatic rings. The number of hydrogen-bond acceptors (Lipinski definition) is 7. The lowest BCUT2D eigenvalue weighted by Crippen LogP contribution is -2.47. The lowest BCUT2D eigenvalue weighted by molar-refractivity contribution is -0.121. The third-order valence-corrected chi connectivity index (χ3v) is 7.33. The Morgan fingerprint density at radius 2 is 2.00 bits per heavy atom. The van der Waals surface area contributed by atoms with Gasteiger partial charge in [0, 0.05) is 56.5 Å². The van der Waals surface area contributed by atoms with Crippen molar-refractivity contribution >= 4 is 11.7 Å². The van der Waals surface area contributed by atoms with Gasteiger partial charge in [0.1, 0.15) is 5.76 Å². The van der Waals surface area contributed by atoms with Crippen molar-refractivity contribution in [1.29, 1.82) is 0 Å². The lowest BCUT2D eigenvalue weighted by atomic mass is 9.84. The molecular weight excluding hydrogens is 418 g/mol. The molecule has 1 saturated carbocycles. The van der Waals surface area contributed by atoms with Gasteiger partial charge in [-0.3, -0.25) is 9.69 Å². The predicted molar refractivity (Wildman–Crippen MR) is 126 cm³/mol. The Labute approximate surface area is 195 Å². The monoisotopic (exact) mass is 453 g/mol. The zero-order valence-corrected chi connectivity index (χ0v) is 19.6. The molecule has 1 N–H and O–H groups in total. The van der Waals surface area contributed by atoms with Crippen LogP contribution in [-0.2, 0) is 17.6 Å². The number of ether oxygens (including phenoxy) is 1. The summed E-state index contributed by atoms with van der Waals surface area (Å²) < 4.78 is 11.0. The van der Waals surface area contributed by atoms with Crippen LogP contribution in [0.3, 0.4) is 0 Å². The van der Waals surface area contributed by atoms with E-state index in [2.05, 4.69) is 31.3 Å². The number of rotatable bonds is 7. The van der Waals surface area contributed by atoms with Crippen LogP contribution in [-0.4, -0.2) is 66.3 Å². The number of fused-ring (bicyclic) bond motifs is 1. The number of nitrogens with zero attached hydrogens (tertiary/aromatic N) is 4. The number of amides is 1. The molecule has 178 valence electrons. The Hall–Kier alpha value is -2.61. The zero-order valence-electron chi connectivity index (χ0n) is 19.6. The van der Waals surface area contributed by atoms with E-state index in [-0.39, 0.29) is 12.3 Å². The van der Waals surface area contributed by atoms with E-state index >= 15 is 0 Å². The van der Waals surface area contributed by atoms with Crippen LogP contribution in [0, 0.1) is 12.8 Å². The number of piperazine rings is 1. The number of nitrogens with one attached hydrogen (secondary N) is 1. The fourth-order valence-corrected chi connectivity index (χ4v) is 5.40. The number of aromatic nitrogens is 2. The van der Waals surface area contributed by atoms with E-state index in [1.807, 2.05) is 19.2 Å². The highest BCUT2D eigenvalue weighted by atomic mass is 16.5. The van der Waals surface area contributed by atoms with Crippen molar-refractivity contribution in [3.63, 3.8) is 0 Å². The first-order valence-corrected chi connectivity index (χ1v) is 12.4. The average molecular weight is 454 g/mol. The second-order valence-corrected chi connectivity index (χ2v) is 9.74. The molecule has 2 aromatic rings. The normalized spacial score (nSPS) is 23.2.